The van der Waals surface area contributed by atoms with Gasteiger partial charge in [0.2, 0.25) is 6.79 Å². The number of hydrogen-bond acceptors (Lipinski definition) is 8. The second-order valence-corrected chi connectivity index (χ2v) is 7.92. The second kappa shape index (κ2) is 9.80. The summed E-state index contributed by atoms with van der Waals surface area (Å²) in [6.07, 6.45) is -1.91. The molecule has 2 N–H and O–H groups in total. The molecule has 2 unspecified atom stereocenters. The highest BCUT2D eigenvalue weighted by molar-refractivity contribution is 6.01. The van der Waals surface area contributed by atoms with Crippen LogP contribution >= 0.6 is 0 Å². The summed E-state index contributed by atoms with van der Waals surface area (Å²) in [5.41, 5.74) is 6.18. The molecule has 0 aliphatic carbocycles. The van der Waals surface area contributed by atoms with Crippen molar-refractivity contribution < 1.29 is 33.3 Å². The van der Waals surface area contributed by atoms with Crippen LogP contribution in [0.3, 0.4) is 0 Å². The molecule has 9 heteroatoms. The molecule has 1 amide bonds. The molecule has 1 aromatic rings. The first-order valence-corrected chi connectivity index (χ1v) is 9.86. The van der Waals surface area contributed by atoms with E-state index in [-0.39, 0.29) is 24.4 Å². The van der Waals surface area contributed by atoms with Gasteiger partial charge in [-0.25, -0.2) is 4.79 Å². The average molecular weight is 422 g/mol. The number of Topliss-reactive ketones (excluding diaryl/α,β-unsaturated/α-hetero) is 1. The van der Waals surface area contributed by atoms with Gasteiger partial charge in [0, 0.05) is 18.5 Å². The van der Waals surface area contributed by atoms with Gasteiger partial charge in [-0.15, -0.1) is 0 Å². The van der Waals surface area contributed by atoms with Crippen LogP contribution in [0.1, 0.15) is 45.0 Å². The minimum atomic E-state index is -1.12. The molecule has 0 spiro atoms. The van der Waals surface area contributed by atoms with E-state index in [0.717, 1.165) is 4.90 Å². The number of fused-ring (bicyclic) bond motifs is 1. The zero-order valence-corrected chi connectivity index (χ0v) is 18.2. The van der Waals surface area contributed by atoms with Gasteiger partial charge in [0.15, 0.2) is 17.3 Å². The number of ether oxygens (including phenoxy) is 4. The molecule has 1 heterocycles. The Hall–Kier alpha value is -2.81. The molecule has 9 nitrogen and oxygen atoms in total. The number of amides is 1. The lowest BCUT2D eigenvalue weighted by atomic mass is 10.0. The van der Waals surface area contributed by atoms with E-state index >= 15 is 0 Å². The number of nitrogens with two attached hydrogens (primary N) is 1. The highest BCUT2D eigenvalue weighted by Gasteiger charge is 2.31. The van der Waals surface area contributed by atoms with Gasteiger partial charge in [-0.05, 0) is 31.0 Å². The summed E-state index contributed by atoms with van der Waals surface area (Å²) < 4.78 is 21.2. The summed E-state index contributed by atoms with van der Waals surface area (Å²) in [7, 11) is 1.44. The number of rotatable bonds is 8. The van der Waals surface area contributed by atoms with Crippen LogP contribution in [-0.4, -0.2) is 55.0 Å². The van der Waals surface area contributed by atoms with Gasteiger partial charge in [-0.1, -0.05) is 27.7 Å². The van der Waals surface area contributed by atoms with Crippen LogP contribution < -0.4 is 15.2 Å². The molecule has 3 atom stereocenters. The molecular formula is C21H30N2O7. The van der Waals surface area contributed by atoms with E-state index in [1.54, 1.807) is 52.8 Å². The first-order chi connectivity index (χ1) is 14.0. The number of likely N-dealkylation sites (N-methyl/N-ethyl adjacent to an activating group) is 1. The summed E-state index contributed by atoms with van der Waals surface area (Å²) in [6, 6.07) is 3.19. The Balaban J connectivity index is 2.03. The normalized spacial score (nSPS) is 15.5. The first kappa shape index (κ1) is 23.5. The zero-order chi connectivity index (χ0) is 22.6. The molecule has 0 bridgehead atoms. The van der Waals surface area contributed by atoms with E-state index in [1.165, 1.54) is 7.05 Å². The number of ketones is 1. The van der Waals surface area contributed by atoms with Crippen LogP contribution in [0.15, 0.2) is 18.2 Å². The fourth-order valence-electron chi connectivity index (χ4n) is 2.57. The van der Waals surface area contributed by atoms with Crippen molar-refractivity contribution in [2.45, 2.75) is 53.0 Å². The molecule has 0 aromatic heterocycles. The fraction of sp³-hybridized carbons (Fsp3) is 0.571. The molecule has 0 saturated carbocycles. The van der Waals surface area contributed by atoms with E-state index in [0.29, 0.717) is 17.1 Å². The Bertz CT molecular complexity index is 794. The van der Waals surface area contributed by atoms with E-state index in [1.807, 2.05) is 0 Å². The van der Waals surface area contributed by atoms with E-state index in [2.05, 4.69) is 0 Å². The predicted molar refractivity (Wildman–Crippen MR) is 108 cm³/mol. The smallest absolute Gasteiger partial charge is 0.413 e. The van der Waals surface area contributed by atoms with Gasteiger partial charge >= 0.3 is 12.1 Å². The molecule has 166 valence electrons. The number of benzene rings is 1. The predicted octanol–water partition coefficient (Wildman–Crippen LogP) is 2.56. The van der Waals surface area contributed by atoms with Crippen molar-refractivity contribution in [3.05, 3.63) is 23.8 Å². The van der Waals surface area contributed by atoms with Crippen molar-refractivity contribution in [3.8, 4) is 11.5 Å². The Kier molecular flexibility index (Phi) is 7.66. The lowest BCUT2D eigenvalue weighted by Gasteiger charge is -2.28. The number of carbonyl (C=O) groups is 3. The third-order valence-corrected chi connectivity index (χ3v) is 4.89. The third kappa shape index (κ3) is 5.41. The number of carbonyl (C=O) groups excluding carboxylic acids is 3. The van der Waals surface area contributed by atoms with E-state index < -0.39 is 30.4 Å². The molecule has 1 aliphatic rings. The fourth-order valence-corrected chi connectivity index (χ4v) is 2.57. The molecule has 2 rings (SSSR count). The molecule has 0 saturated heterocycles. The van der Waals surface area contributed by atoms with Crippen molar-refractivity contribution in [1.29, 1.82) is 0 Å². The Labute approximate surface area is 176 Å². The minimum Gasteiger partial charge on any atom is -0.454 e. The summed E-state index contributed by atoms with van der Waals surface area (Å²) in [4.78, 5) is 38.7. The summed E-state index contributed by atoms with van der Waals surface area (Å²) in [5.74, 6) is -0.329. The Morgan fingerprint density at radius 1 is 1.00 bits per heavy atom. The number of hydrogen-bond donors (Lipinski definition) is 1. The van der Waals surface area contributed by atoms with Crippen LogP contribution in [0.2, 0.25) is 0 Å². The second-order valence-electron chi connectivity index (χ2n) is 7.92. The molecule has 1 aliphatic heterocycles. The van der Waals surface area contributed by atoms with Crippen molar-refractivity contribution in [2.75, 3.05) is 13.8 Å². The Morgan fingerprint density at radius 2 is 1.63 bits per heavy atom. The van der Waals surface area contributed by atoms with Crippen LogP contribution in [0.25, 0.3) is 0 Å². The topological polar surface area (TPSA) is 117 Å². The first-order valence-electron chi connectivity index (χ1n) is 9.86. The number of nitrogens with zero attached hydrogens (tertiary/aromatic N) is 1. The van der Waals surface area contributed by atoms with Gasteiger partial charge in [0.25, 0.3) is 6.29 Å². The summed E-state index contributed by atoms with van der Waals surface area (Å²) in [6.45, 7) is 8.75. The van der Waals surface area contributed by atoms with Crippen molar-refractivity contribution >= 4 is 17.8 Å². The SMILES string of the molecule is CC(C)C(OC(=O)[C@@H](N)C(C)C)OC(=O)N(C)C(C)C(=O)c1ccc2c(c1)OCO2. The minimum absolute atomic E-state index is 0.102. The van der Waals surface area contributed by atoms with Crippen LogP contribution in [0.5, 0.6) is 11.5 Å². The maximum atomic E-state index is 12.8. The highest BCUT2D eigenvalue weighted by atomic mass is 16.7. The van der Waals surface area contributed by atoms with Crippen LogP contribution in [0.4, 0.5) is 4.79 Å². The lowest BCUT2D eigenvalue weighted by molar-refractivity contribution is -0.179. The lowest BCUT2D eigenvalue weighted by Crippen LogP contribution is -2.45. The van der Waals surface area contributed by atoms with Gasteiger partial charge < -0.3 is 29.6 Å². The number of esters is 1. The van der Waals surface area contributed by atoms with E-state index in [4.69, 9.17) is 24.7 Å². The van der Waals surface area contributed by atoms with Gasteiger partial charge in [-0.2, -0.15) is 0 Å². The van der Waals surface area contributed by atoms with Crippen LogP contribution in [-0.2, 0) is 14.3 Å². The van der Waals surface area contributed by atoms with Gasteiger partial charge in [0.05, 0.1) is 6.04 Å². The zero-order valence-electron chi connectivity index (χ0n) is 18.2. The molecule has 1 aromatic carbocycles. The monoisotopic (exact) mass is 422 g/mol. The van der Waals surface area contributed by atoms with Crippen LogP contribution in [0, 0.1) is 11.8 Å². The largest absolute Gasteiger partial charge is 0.454 e. The van der Waals surface area contributed by atoms with Gasteiger partial charge in [-0.3, -0.25) is 9.59 Å². The molecule has 30 heavy (non-hydrogen) atoms. The summed E-state index contributed by atoms with van der Waals surface area (Å²) >= 11 is 0. The maximum absolute atomic E-state index is 12.8. The van der Waals surface area contributed by atoms with Gasteiger partial charge in [0.1, 0.15) is 6.04 Å². The van der Waals surface area contributed by atoms with Crippen molar-refractivity contribution in [2.24, 2.45) is 17.6 Å². The summed E-state index contributed by atoms with van der Waals surface area (Å²) in [5, 5.41) is 0. The van der Waals surface area contributed by atoms with E-state index in [9.17, 15) is 14.4 Å². The third-order valence-electron chi connectivity index (χ3n) is 4.89. The Morgan fingerprint density at radius 3 is 2.23 bits per heavy atom. The molecule has 0 fully saturated rings. The average Bonchev–Trinajstić information content (AvgIpc) is 3.18. The quantitative estimate of drug-likeness (QED) is 0.386. The highest BCUT2D eigenvalue weighted by Crippen LogP contribution is 2.33. The van der Waals surface area contributed by atoms with Crippen molar-refractivity contribution in [3.63, 3.8) is 0 Å². The maximum Gasteiger partial charge on any atom is 0.413 e. The molecular weight excluding hydrogens is 392 g/mol. The van der Waals surface area contributed by atoms with Crippen molar-refractivity contribution in [1.82, 2.24) is 4.90 Å². The standard InChI is InChI=1S/C21H30N2O7/c1-11(2)17(22)19(25)29-20(12(3)4)30-21(26)23(6)13(5)18(24)14-7-8-15-16(9-14)28-10-27-15/h7-9,11-13,17,20H,10,22H2,1-6H3/t13?,17-,20?/m0/s1. The molecule has 0 radical (unpaired) electrons.